The highest BCUT2D eigenvalue weighted by Crippen LogP contribution is 2.30. The van der Waals surface area contributed by atoms with Crippen LogP contribution in [0.4, 0.5) is 11.4 Å². The van der Waals surface area contributed by atoms with Crippen LogP contribution in [0.1, 0.15) is 6.42 Å². The van der Waals surface area contributed by atoms with Crippen molar-refractivity contribution in [3.05, 3.63) is 72.8 Å². The Morgan fingerprint density at radius 3 is 1.94 bits per heavy atom. The second kappa shape index (κ2) is 13.1. The monoisotopic (exact) mass is 519 g/mol. The Hall–Kier alpha value is -1.85. The average Bonchev–Trinajstić information content (AvgIpc) is 2.83. The Morgan fingerprint density at radius 1 is 0.788 bits per heavy atom. The lowest BCUT2D eigenvalue weighted by molar-refractivity contribution is 0.873. The molecule has 1 N–H and O–H groups in total. The Morgan fingerprint density at radius 2 is 1.36 bits per heavy atom. The summed E-state index contributed by atoms with van der Waals surface area (Å²) in [6, 6.07) is 25.4. The van der Waals surface area contributed by atoms with E-state index in [2.05, 4.69) is 70.9 Å². The molecule has 1 aromatic heterocycles. The van der Waals surface area contributed by atoms with E-state index in [4.69, 9.17) is 28.2 Å². The summed E-state index contributed by atoms with van der Waals surface area (Å²) >= 11 is 13.7. The van der Waals surface area contributed by atoms with Crippen molar-refractivity contribution >= 4 is 80.6 Å². The van der Waals surface area contributed by atoms with Crippen molar-refractivity contribution < 1.29 is 0 Å². The molecule has 0 amide bonds. The van der Waals surface area contributed by atoms with Gasteiger partial charge >= 0.3 is 0 Å². The van der Waals surface area contributed by atoms with Crippen molar-refractivity contribution in [2.45, 2.75) is 11.3 Å². The molecule has 0 aliphatic carbocycles. The molecule has 0 saturated carbocycles. The van der Waals surface area contributed by atoms with Crippen molar-refractivity contribution in [3.63, 3.8) is 0 Å². The average molecular weight is 521 g/mol. The number of aromatic nitrogens is 1. The molecule has 4 rings (SSSR count). The van der Waals surface area contributed by atoms with Gasteiger partial charge in [-0.3, -0.25) is 0 Å². The fraction of sp³-hybridized carbons (Fsp3) is 0.269. The van der Waals surface area contributed by atoms with Crippen LogP contribution < -0.4 is 10.2 Å². The summed E-state index contributed by atoms with van der Waals surface area (Å²) in [5, 5.41) is 6.03. The highest BCUT2D eigenvalue weighted by molar-refractivity contribution is 7.99. The van der Waals surface area contributed by atoms with Crippen LogP contribution in [0, 0.1) is 0 Å². The summed E-state index contributed by atoms with van der Waals surface area (Å²) in [5.74, 6) is 2.26. The third-order valence-corrected chi connectivity index (χ3v) is 6.83. The molecular weight excluding hydrogens is 493 g/mol. The third kappa shape index (κ3) is 6.60. The molecule has 0 aliphatic rings. The van der Waals surface area contributed by atoms with Crippen LogP contribution in [0.2, 0.25) is 0 Å². The number of hydrogen-bond acceptors (Lipinski definition) is 4. The van der Waals surface area contributed by atoms with Crippen LogP contribution in [0.25, 0.3) is 21.8 Å². The van der Waals surface area contributed by atoms with Crippen molar-refractivity contribution in [3.8, 4) is 0 Å². The van der Waals surface area contributed by atoms with Crippen LogP contribution in [0.5, 0.6) is 0 Å². The molecule has 174 valence electrons. The maximum absolute atomic E-state index is 5.92. The zero-order chi connectivity index (χ0) is 22.2. The van der Waals surface area contributed by atoms with E-state index in [1.165, 1.54) is 27.0 Å². The van der Waals surface area contributed by atoms with Crippen molar-refractivity contribution in [1.82, 2.24) is 4.98 Å². The number of hydrogen-bond donors (Lipinski definition) is 1. The van der Waals surface area contributed by atoms with Gasteiger partial charge in [-0.15, -0.1) is 47.4 Å². The lowest BCUT2D eigenvalue weighted by Gasteiger charge is -2.23. The SMILES string of the molecule is Cl.ClCCN(CCCl)c1ccc(SCCCNc2c3ccccc3nc3ccccc23)cc1. The van der Waals surface area contributed by atoms with Gasteiger partial charge in [-0.25, -0.2) is 4.98 Å². The molecule has 4 aromatic rings. The number of para-hydroxylation sites is 2. The number of anilines is 2. The first-order chi connectivity index (χ1) is 15.8. The Balaban J connectivity index is 0.00000306. The number of nitrogens with zero attached hydrogens (tertiary/aromatic N) is 2. The summed E-state index contributed by atoms with van der Waals surface area (Å²) in [6.45, 7) is 2.54. The van der Waals surface area contributed by atoms with Gasteiger partial charge < -0.3 is 10.2 Å². The van der Waals surface area contributed by atoms with Gasteiger partial charge in [0.05, 0.1) is 16.7 Å². The molecule has 1 heterocycles. The minimum absolute atomic E-state index is 0. The lowest BCUT2D eigenvalue weighted by Crippen LogP contribution is -2.27. The Kier molecular flexibility index (Phi) is 10.3. The van der Waals surface area contributed by atoms with Gasteiger partial charge in [-0.05, 0) is 48.6 Å². The van der Waals surface area contributed by atoms with Crippen molar-refractivity contribution in [1.29, 1.82) is 0 Å². The molecule has 0 saturated heterocycles. The van der Waals surface area contributed by atoms with E-state index in [1.54, 1.807) is 0 Å². The van der Waals surface area contributed by atoms with Crippen LogP contribution in [0.15, 0.2) is 77.7 Å². The number of nitrogens with one attached hydrogen (secondary N) is 1. The van der Waals surface area contributed by atoms with Gasteiger partial charge in [-0.1, -0.05) is 36.4 Å². The zero-order valence-electron chi connectivity index (χ0n) is 18.3. The molecule has 3 nitrogen and oxygen atoms in total. The van der Waals surface area contributed by atoms with Gasteiger partial charge in [-0.2, -0.15) is 0 Å². The van der Waals surface area contributed by atoms with Crippen LogP contribution in [-0.4, -0.2) is 42.1 Å². The van der Waals surface area contributed by atoms with Crippen LogP contribution in [-0.2, 0) is 0 Å². The van der Waals surface area contributed by atoms with Crippen molar-refractivity contribution in [2.24, 2.45) is 0 Å². The van der Waals surface area contributed by atoms with Gasteiger partial charge in [0, 0.05) is 52.7 Å². The topological polar surface area (TPSA) is 28.2 Å². The minimum Gasteiger partial charge on any atom is -0.384 e. The van der Waals surface area contributed by atoms with Gasteiger partial charge in [0.25, 0.3) is 0 Å². The molecule has 0 unspecified atom stereocenters. The summed E-state index contributed by atoms with van der Waals surface area (Å²) < 4.78 is 0. The zero-order valence-corrected chi connectivity index (χ0v) is 21.5. The maximum atomic E-state index is 5.92. The summed E-state index contributed by atoms with van der Waals surface area (Å²) in [5.41, 5.74) is 4.41. The molecule has 0 spiro atoms. The van der Waals surface area contributed by atoms with E-state index in [9.17, 15) is 0 Å². The Bertz CT molecular complexity index is 1090. The fourth-order valence-corrected chi connectivity index (χ4v) is 5.09. The van der Waals surface area contributed by atoms with Gasteiger partial charge in [0.15, 0.2) is 0 Å². The quantitative estimate of drug-likeness (QED) is 0.0949. The Labute approximate surface area is 216 Å². The maximum Gasteiger partial charge on any atom is 0.0730 e. The number of alkyl halides is 2. The highest BCUT2D eigenvalue weighted by atomic mass is 35.5. The molecular formula is C26H28Cl3N3S. The molecule has 0 fully saturated rings. The number of fused-ring (bicyclic) bond motifs is 2. The number of rotatable bonds is 11. The predicted molar refractivity (Wildman–Crippen MR) is 150 cm³/mol. The smallest absolute Gasteiger partial charge is 0.0730 e. The standard InChI is InChI=1S/C26H27Cl2N3S.ClH/c27-14-17-31(18-15-28)20-10-12-21(13-11-20)32-19-5-16-29-26-22-6-1-3-8-24(22)30-25-9-4-2-7-23(25)26;/h1-4,6-13H,5,14-19H2,(H,29,30);1H. The number of thioether (sulfide) groups is 1. The van der Waals surface area contributed by atoms with Gasteiger partial charge in [0.1, 0.15) is 0 Å². The normalized spacial score (nSPS) is 10.8. The largest absolute Gasteiger partial charge is 0.384 e. The molecule has 0 radical (unpaired) electrons. The number of pyridine rings is 1. The van der Waals surface area contributed by atoms with E-state index in [0.717, 1.165) is 42.8 Å². The molecule has 7 heteroatoms. The summed E-state index contributed by atoms with van der Waals surface area (Å²) in [4.78, 5) is 8.31. The summed E-state index contributed by atoms with van der Waals surface area (Å²) in [6.07, 6.45) is 1.07. The van der Waals surface area contributed by atoms with Crippen LogP contribution in [0.3, 0.4) is 0 Å². The first-order valence-electron chi connectivity index (χ1n) is 10.9. The first kappa shape index (κ1) is 25.8. The second-order valence-electron chi connectivity index (χ2n) is 7.51. The molecule has 3 aromatic carbocycles. The van der Waals surface area contributed by atoms with Crippen LogP contribution >= 0.6 is 47.4 Å². The van der Waals surface area contributed by atoms with Gasteiger partial charge in [0.2, 0.25) is 0 Å². The van der Waals surface area contributed by atoms with E-state index >= 15 is 0 Å². The minimum atomic E-state index is 0. The molecule has 0 atom stereocenters. The number of halogens is 3. The van der Waals surface area contributed by atoms with E-state index < -0.39 is 0 Å². The molecule has 0 bridgehead atoms. The fourth-order valence-electron chi connectivity index (χ4n) is 3.83. The second-order valence-corrected chi connectivity index (χ2v) is 9.43. The van der Waals surface area contributed by atoms with E-state index in [0.29, 0.717) is 11.8 Å². The molecule has 0 aliphatic heterocycles. The number of benzene rings is 3. The molecule has 33 heavy (non-hydrogen) atoms. The summed E-state index contributed by atoms with van der Waals surface area (Å²) in [7, 11) is 0. The van der Waals surface area contributed by atoms with Crippen molar-refractivity contribution in [2.75, 3.05) is 47.4 Å². The predicted octanol–water partition coefficient (Wildman–Crippen LogP) is 7.69. The van der Waals surface area contributed by atoms with E-state index in [1.807, 2.05) is 23.9 Å². The third-order valence-electron chi connectivity index (χ3n) is 5.39. The van der Waals surface area contributed by atoms with E-state index in [-0.39, 0.29) is 12.4 Å². The first-order valence-corrected chi connectivity index (χ1v) is 13.0. The lowest BCUT2D eigenvalue weighted by atomic mass is 10.1. The highest BCUT2D eigenvalue weighted by Gasteiger charge is 2.08.